The van der Waals surface area contributed by atoms with Crippen LogP contribution in [0.2, 0.25) is 0 Å². The predicted molar refractivity (Wildman–Crippen MR) is 116 cm³/mol. The fourth-order valence-electron chi connectivity index (χ4n) is 3.97. The van der Waals surface area contributed by atoms with E-state index in [1.54, 1.807) is 32.0 Å². The van der Waals surface area contributed by atoms with Crippen LogP contribution in [-0.4, -0.2) is 53.7 Å². The van der Waals surface area contributed by atoms with Crippen LogP contribution in [0.5, 0.6) is 0 Å². The summed E-state index contributed by atoms with van der Waals surface area (Å²) in [6, 6.07) is 5.23. The molecule has 164 valence electrons. The average Bonchev–Trinajstić information content (AvgIpc) is 3.37. The molecule has 1 fully saturated rings. The molecule has 31 heavy (non-hydrogen) atoms. The number of rotatable bonds is 6. The molecule has 8 heteroatoms. The highest BCUT2D eigenvalue weighted by atomic mass is 16.5. The summed E-state index contributed by atoms with van der Waals surface area (Å²) in [6.07, 6.45) is 1.85. The van der Waals surface area contributed by atoms with E-state index in [1.165, 1.54) is 14.0 Å². The fraction of sp³-hybridized carbons (Fsp3) is 0.391. The van der Waals surface area contributed by atoms with Crippen molar-refractivity contribution in [3.8, 4) is 0 Å². The smallest absolute Gasteiger partial charge is 0.339 e. The summed E-state index contributed by atoms with van der Waals surface area (Å²) in [4.78, 5) is 54.3. The summed E-state index contributed by atoms with van der Waals surface area (Å²) >= 11 is 0. The van der Waals surface area contributed by atoms with Crippen molar-refractivity contribution in [3.63, 3.8) is 0 Å². The topological polar surface area (TPSA) is 109 Å². The average molecular weight is 425 g/mol. The van der Waals surface area contributed by atoms with Crippen LogP contribution in [0.3, 0.4) is 0 Å². The zero-order valence-electron chi connectivity index (χ0n) is 18.3. The molecule has 2 amide bonds. The molecule has 0 aliphatic carbocycles. The third-order valence-electron chi connectivity index (χ3n) is 5.64. The molecule has 1 aliphatic heterocycles. The first-order valence-corrected chi connectivity index (χ1v) is 10.2. The molecule has 0 saturated carbocycles. The number of aromatic amines is 1. The number of ketones is 1. The minimum absolute atomic E-state index is 0.0369. The second-order valence-corrected chi connectivity index (χ2v) is 7.73. The normalized spacial score (nSPS) is 13.2. The molecule has 1 aromatic carbocycles. The lowest BCUT2D eigenvalue weighted by molar-refractivity contribution is -0.115. The number of carbonyl (C=O) groups excluding carboxylic acids is 4. The molecule has 2 aromatic rings. The number of ether oxygens (including phenoxy) is 1. The highest BCUT2D eigenvalue weighted by Gasteiger charge is 2.25. The lowest BCUT2D eigenvalue weighted by Crippen LogP contribution is -2.28. The Morgan fingerprint density at radius 3 is 2.39 bits per heavy atom. The number of esters is 1. The van der Waals surface area contributed by atoms with Gasteiger partial charge in [0.25, 0.3) is 5.91 Å². The Morgan fingerprint density at radius 2 is 1.77 bits per heavy atom. The van der Waals surface area contributed by atoms with E-state index in [-0.39, 0.29) is 35.3 Å². The van der Waals surface area contributed by atoms with Gasteiger partial charge in [0.2, 0.25) is 5.91 Å². The van der Waals surface area contributed by atoms with Gasteiger partial charge in [-0.3, -0.25) is 14.4 Å². The number of aromatic nitrogens is 1. The molecule has 3 rings (SSSR count). The van der Waals surface area contributed by atoms with Crippen LogP contribution in [0.25, 0.3) is 0 Å². The van der Waals surface area contributed by atoms with E-state index in [2.05, 4.69) is 10.3 Å². The summed E-state index contributed by atoms with van der Waals surface area (Å²) in [6.45, 7) is 6.31. The van der Waals surface area contributed by atoms with Gasteiger partial charge in [0, 0.05) is 37.0 Å². The Morgan fingerprint density at radius 1 is 1.10 bits per heavy atom. The molecule has 0 unspecified atom stereocenters. The van der Waals surface area contributed by atoms with E-state index in [9.17, 15) is 19.2 Å². The number of hydrogen-bond donors (Lipinski definition) is 2. The van der Waals surface area contributed by atoms with Gasteiger partial charge in [-0.1, -0.05) is 6.07 Å². The van der Waals surface area contributed by atoms with E-state index in [4.69, 9.17) is 4.74 Å². The molecule has 1 aromatic heterocycles. The Bertz CT molecular complexity index is 1050. The van der Waals surface area contributed by atoms with Crippen LogP contribution in [0.4, 0.5) is 5.69 Å². The largest absolute Gasteiger partial charge is 0.465 e. The number of anilines is 1. The number of likely N-dealkylation sites (tertiary alicyclic amines) is 1. The highest BCUT2D eigenvalue weighted by Crippen LogP contribution is 2.24. The van der Waals surface area contributed by atoms with Gasteiger partial charge in [-0.15, -0.1) is 0 Å². The van der Waals surface area contributed by atoms with E-state index >= 15 is 0 Å². The summed E-state index contributed by atoms with van der Waals surface area (Å²) in [5, 5.41) is 2.82. The number of amides is 2. The first kappa shape index (κ1) is 22.3. The van der Waals surface area contributed by atoms with Gasteiger partial charge in [0.15, 0.2) is 5.78 Å². The van der Waals surface area contributed by atoms with E-state index in [0.29, 0.717) is 28.1 Å². The van der Waals surface area contributed by atoms with Gasteiger partial charge in [-0.25, -0.2) is 4.79 Å². The summed E-state index contributed by atoms with van der Waals surface area (Å²) in [5.74, 6) is -1.27. The van der Waals surface area contributed by atoms with Crippen molar-refractivity contribution >= 4 is 29.3 Å². The molecule has 0 bridgehead atoms. The number of methoxy groups -OCH3 is 1. The second-order valence-electron chi connectivity index (χ2n) is 7.73. The van der Waals surface area contributed by atoms with Crippen LogP contribution >= 0.6 is 0 Å². The van der Waals surface area contributed by atoms with Crippen LogP contribution in [0, 0.1) is 13.8 Å². The predicted octanol–water partition coefficient (Wildman–Crippen LogP) is 3.04. The first-order chi connectivity index (χ1) is 14.7. The van der Waals surface area contributed by atoms with Gasteiger partial charge < -0.3 is 19.9 Å². The number of nitrogens with zero attached hydrogens (tertiary/aromatic N) is 1. The molecule has 0 spiro atoms. The van der Waals surface area contributed by atoms with Crippen LogP contribution in [-0.2, 0) is 16.0 Å². The number of H-pyrrole nitrogens is 1. The van der Waals surface area contributed by atoms with Crippen LogP contribution < -0.4 is 5.32 Å². The lowest BCUT2D eigenvalue weighted by atomic mass is 10.0. The van der Waals surface area contributed by atoms with Crippen molar-refractivity contribution < 1.29 is 23.9 Å². The number of benzene rings is 1. The van der Waals surface area contributed by atoms with E-state index in [0.717, 1.165) is 25.9 Å². The Balaban J connectivity index is 1.82. The number of hydrogen-bond acceptors (Lipinski definition) is 5. The fourth-order valence-corrected chi connectivity index (χ4v) is 3.97. The molecule has 1 aliphatic rings. The molecular weight excluding hydrogens is 398 g/mol. The standard InChI is InChI=1S/C23H27N3O5/c1-13-16(22(29)26-10-5-6-11-26)8-7-9-17(13)24-19(28)12-18-20(23(30)31-4)14(2)21(25-18)15(3)27/h7-9,25H,5-6,10-12H2,1-4H3,(H,24,28). The minimum atomic E-state index is -0.613. The Hall–Kier alpha value is -3.42. The van der Waals surface area contributed by atoms with Gasteiger partial charge in [0.05, 0.1) is 24.8 Å². The lowest BCUT2D eigenvalue weighted by Gasteiger charge is -2.18. The van der Waals surface area contributed by atoms with Crippen molar-refractivity contribution in [1.29, 1.82) is 0 Å². The maximum Gasteiger partial charge on any atom is 0.339 e. The van der Waals surface area contributed by atoms with Gasteiger partial charge >= 0.3 is 5.97 Å². The van der Waals surface area contributed by atoms with Crippen molar-refractivity contribution in [3.05, 3.63) is 51.8 Å². The zero-order valence-corrected chi connectivity index (χ0v) is 18.3. The Kier molecular flexibility index (Phi) is 6.58. The maximum absolute atomic E-state index is 12.8. The van der Waals surface area contributed by atoms with E-state index < -0.39 is 5.97 Å². The second kappa shape index (κ2) is 9.16. The highest BCUT2D eigenvalue weighted by molar-refractivity contribution is 6.03. The van der Waals surface area contributed by atoms with Crippen molar-refractivity contribution in [1.82, 2.24) is 9.88 Å². The summed E-state index contributed by atoms with van der Waals surface area (Å²) in [5.41, 5.74) is 3.02. The molecule has 0 radical (unpaired) electrons. The Labute approximate surface area is 181 Å². The SMILES string of the molecule is COC(=O)c1c(CC(=O)Nc2cccc(C(=O)N3CCCC3)c2C)[nH]c(C(C)=O)c1C. The molecular formula is C23H27N3O5. The molecule has 1 saturated heterocycles. The number of carbonyl (C=O) groups is 4. The number of nitrogens with one attached hydrogen (secondary N) is 2. The molecule has 8 nitrogen and oxygen atoms in total. The quantitative estimate of drug-likeness (QED) is 0.546. The van der Waals surface area contributed by atoms with Gasteiger partial charge in [-0.2, -0.15) is 0 Å². The summed E-state index contributed by atoms with van der Waals surface area (Å²) in [7, 11) is 1.25. The maximum atomic E-state index is 12.8. The third kappa shape index (κ3) is 4.52. The van der Waals surface area contributed by atoms with Gasteiger partial charge in [0.1, 0.15) is 0 Å². The summed E-state index contributed by atoms with van der Waals surface area (Å²) < 4.78 is 4.82. The molecule has 2 N–H and O–H groups in total. The minimum Gasteiger partial charge on any atom is -0.465 e. The molecule has 2 heterocycles. The van der Waals surface area contributed by atoms with Crippen LogP contribution in [0.1, 0.15) is 67.8 Å². The van der Waals surface area contributed by atoms with Crippen LogP contribution in [0.15, 0.2) is 18.2 Å². The van der Waals surface area contributed by atoms with Crippen molar-refractivity contribution in [2.75, 3.05) is 25.5 Å². The van der Waals surface area contributed by atoms with E-state index in [1.807, 2.05) is 4.90 Å². The van der Waals surface area contributed by atoms with Crippen molar-refractivity contribution in [2.24, 2.45) is 0 Å². The monoisotopic (exact) mass is 425 g/mol. The third-order valence-corrected chi connectivity index (χ3v) is 5.64. The molecule has 0 atom stereocenters. The van der Waals surface area contributed by atoms with Crippen molar-refractivity contribution in [2.45, 2.75) is 40.0 Å². The first-order valence-electron chi connectivity index (χ1n) is 10.2. The number of Topliss-reactive ketones (excluding diaryl/α,β-unsaturated/α-hetero) is 1. The van der Waals surface area contributed by atoms with Gasteiger partial charge in [-0.05, 0) is 49.9 Å². The zero-order chi connectivity index (χ0) is 22.7.